The average Bonchev–Trinajstić information content (AvgIpc) is 2.41. The van der Waals surface area contributed by atoms with E-state index in [2.05, 4.69) is 0 Å². The predicted octanol–water partition coefficient (Wildman–Crippen LogP) is 2.94. The summed E-state index contributed by atoms with van der Waals surface area (Å²) in [6, 6.07) is 2.92. The molecule has 1 aliphatic carbocycles. The Labute approximate surface area is 105 Å². The molecular weight excluding hydrogens is 238 g/mol. The molecule has 0 spiro atoms. The molecule has 0 bridgehead atoms. The first-order valence-corrected chi connectivity index (χ1v) is 6.40. The molecule has 1 aromatic rings. The van der Waals surface area contributed by atoms with Crippen LogP contribution in [0.1, 0.15) is 43.8 Å². The van der Waals surface area contributed by atoms with Crippen LogP contribution in [0.3, 0.4) is 0 Å². The lowest BCUT2D eigenvalue weighted by Gasteiger charge is -2.30. The van der Waals surface area contributed by atoms with Crippen LogP contribution in [0, 0.1) is 17.6 Å². The Morgan fingerprint density at radius 3 is 2.39 bits per heavy atom. The molecule has 2 rings (SSSR count). The van der Waals surface area contributed by atoms with Crippen molar-refractivity contribution in [2.75, 3.05) is 0 Å². The smallest absolute Gasteiger partial charge is 0.129 e. The third-order valence-electron chi connectivity index (χ3n) is 3.73. The molecule has 2 N–H and O–H groups in total. The predicted molar refractivity (Wildman–Crippen MR) is 63.9 cm³/mol. The van der Waals surface area contributed by atoms with Crippen LogP contribution in [-0.2, 0) is 0 Å². The molecular formula is C14H18F2O2. The fourth-order valence-electron chi connectivity index (χ4n) is 2.66. The molecule has 2 atom stereocenters. The van der Waals surface area contributed by atoms with Gasteiger partial charge in [0.2, 0.25) is 0 Å². The highest BCUT2D eigenvalue weighted by molar-refractivity contribution is 5.22. The molecule has 18 heavy (non-hydrogen) atoms. The van der Waals surface area contributed by atoms with Crippen molar-refractivity contribution in [3.63, 3.8) is 0 Å². The number of benzene rings is 1. The summed E-state index contributed by atoms with van der Waals surface area (Å²) in [5, 5.41) is 20.1. The minimum absolute atomic E-state index is 0.0311. The quantitative estimate of drug-likeness (QED) is 0.873. The van der Waals surface area contributed by atoms with Gasteiger partial charge < -0.3 is 10.2 Å². The number of hydrogen-bond acceptors (Lipinski definition) is 2. The van der Waals surface area contributed by atoms with Gasteiger partial charge in [-0.15, -0.1) is 0 Å². The highest BCUT2D eigenvalue weighted by atomic mass is 19.1. The molecule has 2 nitrogen and oxygen atoms in total. The minimum atomic E-state index is -1.36. The fourth-order valence-corrected chi connectivity index (χ4v) is 2.66. The van der Waals surface area contributed by atoms with Gasteiger partial charge in [0.25, 0.3) is 0 Å². The normalized spacial score (nSPS) is 20.7. The van der Waals surface area contributed by atoms with Gasteiger partial charge >= 0.3 is 0 Å². The molecule has 100 valence electrons. The lowest BCUT2D eigenvalue weighted by Crippen LogP contribution is -2.29. The topological polar surface area (TPSA) is 40.5 Å². The van der Waals surface area contributed by atoms with E-state index < -0.39 is 23.8 Å². The molecule has 0 saturated heterocycles. The molecule has 1 saturated carbocycles. The first-order chi connectivity index (χ1) is 8.59. The van der Waals surface area contributed by atoms with Crippen molar-refractivity contribution in [1.82, 2.24) is 0 Å². The summed E-state index contributed by atoms with van der Waals surface area (Å²) in [5.74, 6) is -1.32. The summed E-state index contributed by atoms with van der Waals surface area (Å²) >= 11 is 0. The van der Waals surface area contributed by atoms with Crippen LogP contribution in [-0.4, -0.2) is 16.3 Å². The van der Waals surface area contributed by atoms with Crippen molar-refractivity contribution in [2.24, 2.45) is 5.92 Å². The fraction of sp³-hybridized carbons (Fsp3) is 0.571. The second kappa shape index (κ2) is 5.76. The Balaban J connectivity index is 2.13. The van der Waals surface area contributed by atoms with Crippen molar-refractivity contribution in [1.29, 1.82) is 0 Å². The molecule has 2 unspecified atom stereocenters. The van der Waals surface area contributed by atoms with E-state index in [0.29, 0.717) is 0 Å². The molecule has 1 aliphatic rings. The first kappa shape index (κ1) is 13.4. The number of hydrogen-bond donors (Lipinski definition) is 2. The van der Waals surface area contributed by atoms with Crippen molar-refractivity contribution in [3.8, 4) is 0 Å². The highest BCUT2D eigenvalue weighted by Crippen LogP contribution is 2.33. The zero-order valence-electron chi connectivity index (χ0n) is 10.1. The Hall–Kier alpha value is -1.00. The van der Waals surface area contributed by atoms with Gasteiger partial charge in [0.1, 0.15) is 17.7 Å². The monoisotopic (exact) mass is 256 g/mol. The Kier molecular flexibility index (Phi) is 4.30. The molecule has 0 amide bonds. The Morgan fingerprint density at radius 1 is 1.06 bits per heavy atom. The number of halogens is 2. The number of rotatable bonds is 3. The van der Waals surface area contributed by atoms with Crippen LogP contribution in [0.25, 0.3) is 0 Å². The average molecular weight is 256 g/mol. The first-order valence-electron chi connectivity index (χ1n) is 6.40. The molecule has 4 heteroatoms. The van der Waals surface area contributed by atoms with Crippen LogP contribution in [0.2, 0.25) is 0 Å². The third-order valence-corrected chi connectivity index (χ3v) is 3.73. The second-order valence-electron chi connectivity index (χ2n) is 5.00. The summed E-state index contributed by atoms with van der Waals surface area (Å²) in [6.07, 6.45) is 2.43. The lowest BCUT2D eigenvalue weighted by atomic mass is 9.82. The molecule has 1 fully saturated rings. The highest BCUT2D eigenvalue weighted by Gasteiger charge is 2.30. The van der Waals surface area contributed by atoms with E-state index >= 15 is 0 Å². The maximum atomic E-state index is 13.5. The summed E-state index contributed by atoms with van der Waals surface area (Å²) in [5.41, 5.74) is -0.159. The third kappa shape index (κ3) is 2.87. The van der Waals surface area contributed by atoms with E-state index in [-0.39, 0.29) is 11.5 Å². The zero-order valence-corrected chi connectivity index (χ0v) is 10.1. The van der Waals surface area contributed by atoms with E-state index in [0.717, 1.165) is 50.3 Å². The van der Waals surface area contributed by atoms with Crippen LogP contribution in [0.4, 0.5) is 8.78 Å². The standard InChI is InChI=1S/C14H18F2O2/c15-10-6-7-12(16)11(8-10)14(18)13(17)9-4-2-1-3-5-9/h6-9,13-14,17-18H,1-5H2. The summed E-state index contributed by atoms with van der Waals surface area (Å²) < 4.78 is 26.6. The Morgan fingerprint density at radius 2 is 1.72 bits per heavy atom. The summed E-state index contributed by atoms with van der Waals surface area (Å²) in [4.78, 5) is 0. The number of aliphatic hydroxyl groups is 2. The van der Waals surface area contributed by atoms with E-state index in [1.165, 1.54) is 0 Å². The molecule has 1 aromatic carbocycles. The van der Waals surface area contributed by atoms with Crippen molar-refractivity contribution in [2.45, 2.75) is 44.3 Å². The van der Waals surface area contributed by atoms with Gasteiger partial charge in [0.15, 0.2) is 0 Å². The maximum Gasteiger partial charge on any atom is 0.129 e. The summed E-state index contributed by atoms with van der Waals surface area (Å²) in [7, 11) is 0. The van der Waals surface area contributed by atoms with Crippen LogP contribution >= 0.6 is 0 Å². The SMILES string of the molecule is OC(c1cc(F)ccc1F)C(O)C1CCCCC1. The molecule has 0 aromatic heterocycles. The van der Waals surface area contributed by atoms with E-state index in [9.17, 15) is 19.0 Å². The van der Waals surface area contributed by atoms with Crippen molar-refractivity contribution >= 4 is 0 Å². The largest absolute Gasteiger partial charge is 0.390 e. The van der Waals surface area contributed by atoms with E-state index in [4.69, 9.17) is 0 Å². The zero-order chi connectivity index (χ0) is 13.1. The Bertz CT molecular complexity index is 403. The van der Waals surface area contributed by atoms with Crippen molar-refractivity contribution in [3.05, 3.63) is 35.4 Å². The van der Waals surface area contributed by atoms with E-state index in [1.807, 2.05) is 0 Å². The van der Waals surface area contributed by atoms with Crippen LogP contribution in [0.5, 0.6) is 0 Å². The number of aliphatic hydroxyl groups excluding tert-OH is 2. The van der Waals surface area contributed by atoms with Crippen LogP contribution < -0.4 is 0 Å². The van der Waals surface area contributed by atoms with Gasteiger partial charge in [-0.3, -0.25) is 0 Å². The van der Waals surface area contributed by atoms with Crippen LogP contribution in [0.15, 0.2) is 18.2 Å². The molecule has 0 aliphatic heterocycles. The van der Waals surface area contributed by atoms with Gasteiger partial charge in [-0.1, -0.05) is 19.3 Å². The van der Waals surface area contributed by atoms with Gasteiger partial charge in [-0.25, -0.2) is 8.78 Å². The molecule has 0 radical (unpaired) electrons. The second-order valence-corrected chi connectivity index (χ2v) is 5.00. The minimum Gasteiger partial charge on any atom is -0.390 e. The van der Waals surface area contributed by atoms with Gasteiger partial charge in [0.05, 0.1) is 6.10 Å². The van der Waals surface area contributed by atoms with Gasteiger partial charge in [0, 0.05) is 5.56 Å². The van der Waals surface area contributed by atoms with Gasteiger partial charge in [-0.05, 0) is 37.0 Å². The van der Waals surface area contributed by atoms with Crippen molar-refractivity contribution < 1.29 is 19.0 Å². The molecule has 0 heterocycles. The summed E-state index contributed by atoms with van der Waals surface area (Å²) in [6.45, 7) is 0. The maximum absolute atomic E-state index is 13.5. The van der Waals surface area contributed by atoms with Gasteiger partial charge in [-0.2, -0.15) is 0 Å². The lowest BCUT2D eigenvalue weighted by molar-refractivity contribution is -0.0302. The van der Waals surface area contributed by atoms with E-state index in [1.54, 1.807) is 0 Å².